The van der Waals surface area contributed by atoms with E-state index in [0.717, 1.165) is 43.2 Å². The maximum atomic E-state index is 14.0. The summed E-state index contributed by atoms with van der Waals surface area (Å²) in [6.07, 6.45) is 0. The zero-order chi connectivity index (χ0) is 29.4. The molecule has 0 amide bonds. The van der Waals surface area contributed by atoms with Crippen LogP contribution in [-0.2, 0) is 13.2 Å². The molecule has 6 rings (SSSR count). The highest BCUT2D eigenvalue weighted by molar-refractivity contribution is 7.22. The fourth-order valence-corrected chi connectivity index (χ4v) is 6.02. The van der Waals surface area contributed by atoms with Crippen LogP contribution in [0.1, 0.15) is 27.0 Å². The molecule has 0 aliphatic rings. The Bertz CT molecular complexity index is 1790. The van der Waals surface area contributed by atoms with Crippen LogP contribution in [0.3, 0.4) is 0 Å². The van der Waals surface area contributed by atoms with E-state index in [1.165, 1.54) is 0 Å². The number of ketones is 1. The third-order valence-electron chi connectivity index (χ3n) is 6.98. The fourth-order valence-electron chi connectivity index (χ4n) is 4.79. The van der Waals surface area contributed by atoms with Crippen LogP contribution in [0.4, 0.5) is 0 Å². The van der Waals surface area contributed by atoms with Crippen molar-refractivity contribution < 1.29 is 24.1 Å². The SMILES string of the molecule is O=C(c1ccc(OCCO)cc1)c1c(-c2ccc(OCc3ccccc3)cc2)sc2cc(OCc3ccccc3)ccc12. The quantitative estimate of drug-likeness (QED) is 0.146. The molecule has 0 aliphatic heterocycles. The molecule has 0 radical (unpaired) electrons. The molecule has 0 unspecified atom stereocenters. The molecule has 0 atom stereocenters. The lowest BCUT2D eigenvalue weighted by Gasteiger charge is -2.09. The first-order valence-electron chi connectivity index (χ1n) is 14.1. The Labute approximate surface area is 254 Å². The van der Waals surface area contributed by atoms with Gasteiger partial charge in [0.25, 0.3) is 0 Å². The van der Waals surface area contributed by atoms with Gasteiger partial charge in [-0.3, -0.25) is 4.79 Å². The minimum atomic E-state index is -0.0719. The summed E-state index contributed by atoms with van der Waals surface area (Å²) in [7, 11) is 0. The molecule has 0 spiro atoms. The molecule has 5 aromatic carbocycles. The average molecular weight is 587 g/mol. The van der Waals surface area contributed by atoms with Gasteiger partial charge < -0.3 is 19.3 Å². The first kappa shape index (κ1) is 28.2. The summed E-state index contributed by atoms with van der Waals surface area (Å²) in [4.78, 5) is 14.9. The number of hydrogen-bond donors (Lipinski definition) is 1. The summed E-state index contributed by atoms with van der Waals surface area (Å²) in [5.41, 5.74) is 4.33. The van der Waals surface area contributed by atoms with Gasteiger partial charge in [-0.15, -0.1) is 11.3 Å². The highest BCUT2D eigenvalue weighted by atomic mass is 32.1. The first-order valence-corrected chi connectivity index (χ1v) is 14.9. The largest absolute Gasteiger partial charge is 0.491 e. The van der Waals surface area contributed by atoms with Crippen molar-refractivity contribution in [1.82, 2.24) is 0 Å². The molecule has 1 heterocycles. The molecule has 1 N–H and O–H groups in total. The van der Waals surface area contributed by atoms with Crippen molar-refractivity contribution in [2.75, 3.05) is 13.2 Å². The van der Waals surface area contributed by atoms with Gasteiger partial charge >= 0.3 is 0 Å². The zero-order valence-electron chi connectivity index (χ0n) is 23.4. The molecular weight excluding hydrogens is 556 g/mol. The smallest absolute Gasteiger partial charge is 0.195 e. The second-order valence-electron chi connectivity index (χ2n) is 9.96. The van der Waals surface area contributed by atoms with Crippen LogP contribution in [0.25, 0.3) is 20.5 Å². The molecule has 0 aliphatic carbocycles. The lowest BCUT2D eigenvalue weighted by atomic mass is 9.97. The van der Waals surface area contributed by atoms with Crippen molar-refractivity contribution in [2.45, 2.75) is 13.2 Å². The minimum Gasteiger partial charge on any atom is -0.491 e. The van der Waals surface area contributed by atoms with Crippen LogP contribution < -0.4 is 14.2 Å². The maximum Gasteiger partial charge on any atom is 0.195 e. The van der Waals surface area contributed by atoms with Gasteiger partial charge in [0.2, 0.25) is 0 Å². The molecule has 0 fully saturated rings. The Balaban J connectivity index is 1.32. The van der Waals surface area contributed by atoms with Crippen LogP contribution in [0, 0.1) is 0 Å². The Morgan fingerprint density at radius 1 is 0.628 bits per heavy atom. The van der Waals surface area contributed by atoms with Crippen LogP contribution in [0.15, 0.2) is 127 Å². The van der Waals surface area contributed by atoms with Crippen molar-refractivity contribution in [2.24, 2.45) is 0 Å². The van der Waals surface area contributed by atoms with Gasteiger partial charge in [0.1, 0.15) is 37.1 Å². The van der Waals surface area contributed by atoms with Crippen LogP contribution >= 0.6 is 11.3 Å². The van der Waals surface area contributed by atoms with E-state index in [-0.39, 0.29) is 19.0 Å². The first-order chi connectivity index (χ1) is 21.2. The number of fused-ring (bicyclic) bond motifs is 1. The van der Waals surface area contributed by atoms with Gasteiger partial charge in [-0.05, 0) is 83.4 Å². The van der Waals surface area contributed by atoms with Gasteiger partial charge in [0.05, 0.1) is 6.61 Å². The fraction of sp³-hybridized carbons (Fsp3) is 0.108. The molecule has 0 bridgehead atoms. The lowest BCUT2D eigenvalue weighted by Crippen LogP contribution is -2.04. The molecule has 0 saturated carbocycles. The number of benzene rings is 5. The van der Waals surface area contributed by atoms with E-state index in [1.54, 1.807) is 35.6 Å². The second kappa shape index (κ2) is 13.4. The number of thiophene rings is 1. The molecule has 6 aromatic rings. The topological polar surface area (TPSA) is 65.0 Å². The third kappa shape index (κ3) is 6.78. The summed E-state index contributed by atoms with van der Waals surface area (Å²) in [6.45, 7) is 1.08. The summed E-state index contributed by atoms with van der Waals surface area (Å²) in [5.74, 6) is 2.04. The van der Waals surface area contributed by atoms with E-state index in [4.69, 9.17) is 19.3 Å². The zero-order valence-corrected chi connectivity index (χ0v) is 24.3. The molecule has 214 valence electrons. The van der Waals surface area contributed by atoms with Gasteiger partial charge in [-0.25, -0.2) is 0 Å². The standard InChI is InChI=1S/C37H30O5S/c38-21-22-40-30-15-11-28(12-16-30)36(39)35-33-20-19-32(42-25-27-9-5-2-6-10-27)23-34(33)43-37(35)29-13-17-31(18-14-29)41-24-26-7-3-1-4-8-26/h1-20,23,38H,21-22,24-25H2. The van der Waals surface area contributed by atoms with E-state index in [1.807, 2.05) is 103 Å². The van der Waals surface area contributed by atoms with E-state index < -0.39 is 0 Å². The van der Waals surface area contributed by atoms with Crippen molar-refractivity contribution in [1.29, 1.82) is 0 Å². The lowest BCUT2D eigenvalue weighted by molar-refractivity contribution is 0.104. The Morgan fingerprint density at radius 2 is 1.19 bits per heavy atom. The summed E-state index contributed by atoms with van der Waals surface area (Å²) >= 11 is 1.57. The van der Waals surface area contributed by atoms with Gasteiger partial charge in [0, 0.05) is 26.1 Å². The van der Waals surface area contributed by atoms with Gasteiger partial charge in [-0.1, -0.05) is 60.7 Å². The number of carbonyl (C=O) groups excluding carboxylic acids is 1. The number of rotatable bonds is 12. The molecule has 1 aromatic heterocycles. The number of hydrogen-bond acceptors (Lipinski definition) is 6. The van der Waals surface area contributed by atoms with Crippen LogP contribution in [0.2, 0.25) is 0 Å². The minimum absolute atomic E-state index is 0.0714. The predicted molar refractivity (Wildman–Crippen MR) is 171 cm³/mol. The Hall–Kier alpha value is -4.91. The summed E-state index contributed by atoms with van der Waals surface area (Å²) < 4.78 is 18.6. The van der Waals surface area contributed by atoms with Crippen molar-refractivity contribution in [3.8, 4) is 27.7 Å². The Morgan fingerprint density at radius 3 is 1.81 bits per heavy atom. The molecular formula is C37H30O5S. The Kier molecular flexibility index (Phi) is 8.78. The molecule has 6 heteroatoms. The van der Waals surface area contributed by atoms with Crippen molar-refractivity contribution >= 4 is 27.2 Å². The number of carbonyl (C=O) groups is 1. The third-order valence-corrected chi connectivity index (χ3v) is 8.18. The van der Waals surface area contributed by atoms with Gasteiger partial charge in [-0.2, -0.15) is 0 Å². The van der Waals surface area contributed by atoms with Crippen LogP contribution in [-0.4, -0.2) is 24.1 Å². The van der Waals surface area contributed by atoms with Gasteiger partial charge in [0.15, 0.2) is 5.78 Å². The average Bonchev–Trinajstić information content (AvgIpc) is 3.45. The molecule has 5 nitrogen and oxygen atoms in total. The van der Waals surface area contributed by atoms with E-state index in [0.29, 0.717) is 30.1 Å². The van der Waals surface area contributed by atoms with E-state index in [9.17, 15) is 4.79 Å². The van der Waals surface area contributed by atoms with Crippen molar-refractivity contribution in [3.05, 3.63) is 150 Å². The van der Waals surface area contributed by atoms with E-state index >= 15 is 0 Å². The van der Waals surface area contributed by atoms with E-state index in [2.05, 4.69) is 0 Å². The number of ether oxygens (including phenoxy) is 3. The van der Waals surface area contributed by atoms with Crippen LogP contribution in [0.5, 0.6) is 17.2 Å². The highest BCUT2D eigenvalue weighted by Crippen LogP contribution is 2.42. The maximum absolute atomic E-state index is 14.0. The number of aliphatic hydroxyl groups is 1. The highest BCUT2D eigenvalue weighted by Gasteiger charge is 2.22. The monoisotopic (exact) mass is 586 g/mol. The molecule has 43 heavy (non-hydrogen) atoms. The number of aliphatic hydroxyl groups excluding tert-OH is 1. The normalized spacial score (nSPS) is 10.9. The summed E-state index contributed by atoms with van der Waals surface area (Å²) in [5, 5.41) is 9.93. The second-order valence-corrected chi connectivity index (χ2v) is 11.0. The summed E-state index contributed by atoms with van der Waals surface area (Å²) in [6, 6.07) is 40.9. The molecule has 0 saturated heterocycles. The predicted octanol–water partition coefficient (Wildman–Crippen LogP) is 8.33. The van der Waals surface area contributed by atoms with Crippen molar-refractivity contribution in [3.63, 3.8) is 0 Å².